The monoisotopic (exact) mass is 370 g/mol. The number of hydrogen-bond donors (Lipinski definition) is 0. The summed E-state index contributed by atoms with van der Waals surface area (Å²) in [5.74, 6) is 0.217. The molecule has 1 aromatic heterocycles. The molecule has 0 unspecified atom stereocenters. The van der Waals surface area contributed by atoms with Gasteiger partial charge in [-0.3, -0.25) is 4.79 Å². The number of aryl methyl sites for hydroxylation is 2. The molecule has 2 aromatic rings. The third kappa shape index (κ3) is 4.54. The summed E-state index contributed by atoms with van der Waals surface area (Å²) >= 11 is 1.85. The van der Waals surface area contributed by atoms with Gasteiger partial charge in [-0.15, -0.1) is 11.3 Å². The predicted molar refractivity (Wildman–Crippen MR) is 110 cm³/mol. The zero-order valence-electron chi connectivity index (χ0n) is 16.3. The molecule has 0 saturated carbocycles. The highest BCUT2D eigenvalue weighted by Crippen LogP contribution is 2.24. The molecule has 0 spiro atoms. The van der Waals surface area contributed by atoms with Crippen LogP contribution in [0.3, 0.4) is 0 Å². The summed E-state index contributed by atoms with van der Waals surface area (Å²) in [7, 11) is 2.19. The Balaban J connectivity index is 1.42. The second kappa shape index (κ2) is 8.83. The molecule has 26 heavy (non-hydrogen) atoms. The fraction of sp³-hybridized carbons (Fsp3) is 0.500. The maximum absolute atomic E-state index is 12.8. The van der Waals surface area contributed by atoms with Gasteiger partial charge in [0.05, 0.1) is 0 Å². The van der Waals surface area contributed by atoms with Crippen LogP contribution < -0.4 is 0 Å². The largest absolute Gasteiger partial charge is 0.338 e. The molecule has 3 nitrogen and oxygen atoms in total. The van der Waals surface area contributed by atoms with Gasteiger partial charge in [-0.2, -0.15) is 0 Å². The number of nitrogens with zero attached hydrogens (tertiary/aromatic N) is 2. The minimum atomic E-state index is 0.217. The number of amides is 1. The van der Waals surface area contributed by atoms with Gasteiger partial charge in [0.1, 0.15) is 0 Å². The van der Waals surface area contributed by atoms with Gasteiger partial charge in [0.25, 0.3) is 5.91 Å². The normalized spacial score (nSPS) is 14.2. The van der Waals surface area contributed by atoms with E-state index in [0.29, 0.717) is 0 Å². The summed E-state index contributed by atoms with van der Waals surface area (Å²) in [5.41, 5.74) is 4.76. The van der Waals surface area contributed by atoms with Crippen LogP contribution in [0.15, 0.2) is 29.6 Å². The first kappa shape index (κ1) is 19.1. The van der Waals surface area contributed by atoms with E-state index < -0.39 is 0 Å². The van der Waals surface area contributed by atoms with E-state index in [9.17, 15) is 4.79 Å². The zero-order valence-corrected chi connectivity index (χ0v) is 17.1. The molecular weight excluding hydrogens is 340 g/mol. The van der Waals surface area contributed by atoms with Crippen LogP contribution in [0, 0.1) is 13.8 Å². The Morgan fingerprint density at radius 3 is 2.73 bits per heavy atom. The number of fused-ring (bicyclic) bond motifs is 1. The minimum absolute atomic E-state index is 0.217. The number of carbonyl (C=O) groups is 1. The van der Waals surface area contributed by atoms with E-state index in [2.05, 4.69) is 49.4 Å². The number of hydrogen-bond acceptors (Lipinski definition) is 3. The van der Waals surface area contributed by atoms with Crippen LogP contribution in [0.25, 0.3) is 0 Å². The Kier molecular flexibility index (Phi) is 6.49. The number of thiophene rings is 1. The van der Waals surface area contributed by atoms with E-state index in [1.807, 2.05) is 22.3 Å². The Hall–Kier alpha value is -1.65. The molecule has 1 aromatic carbocycles. The lowest BCUT2D eigenvalue weighted by Gasteiger charge is -2.30. The van der Waals surface area contributed by atoms with Crippen LogP contribution >= 0.6 is 11.3 Å². The molecule has 1 aliphatic rings. The van der Waals surface area contributed by atoms with Crippen LogP contribution in [0.1, 0.15) is 44.8 Å². The molecule has 0 radical (unpaired) electrons. The number of carbonyl (C=O) groups excluding carboxylic acids is 1. The van der Waals surface area contributed by atoms with Crippen LogP contribution in [0.2, 0.25) is 0 Å². The van der Waals surface area contributed by atoms with Gasteiger partial charge >= 0.3 is 0 Å². The molecule has 1 amide bonds. The smallest absolute Gasteiger partial charge is 0.254 e. The first-order chi connectivity index (χ1) is 12.6. The van der Waals surface area contributed by atoms with Crippen molar-refractivity contribution in [1.29, 1.82) is 0 Å². The van der Waals surface area contributed by atoms with Crippen molar-refractivity contribution in [2.45, 2.75) is 39.5 Å². The summed E-state index contributed by atoms with van der Waals surface area (Å²) in [6, 6.07) is 8.44. The van der Waals surface area contributed by atoms with Crippen molar-refractivity contribution in [3.8, 4) is 0 Å². The lowest BCUT2D eigenvalue weighted by atomic mass is 9.91. The summed E-state index contributed by atoms with van der Waals surface area (Å²) in [5, 5.41) is 2.15. The summed E-state index contributed by atoms with van der Waals surface area (Å²) in [6.07, 6.45) is 4.40. The lowest BCUT2D eigenvalue weighted by Crippen LogP contribution is -2.39. The summed E-state index contributed by atoms with van der Waals surface area (Å²) in [6.45, 7) is 8.16. The second-order valence-electron chi connectivity index (χ2n) is 7.42. The van der Waals surface area contributed by atoms with Gasteiger partial charge in [0.15, 0.2) is 0 Å². The third-order valence-electron chi connectivity index (χ3n) is 5.53. The van der Waals surface area contributed by atoms with E-state index >= 15 is 0 Å². The van der Waals surface area contributed by atoms with Gasteiger partial charge in [0, 0.05) is 23.5 Å². The Bertz CT molecular complexity index is 739. The molecule has 0 bridgehead atoms. The van der Waals surface area contributed by atoms with Crippen molar-refractivity contribution >= 4 is 17.2 Å². The van der Waals surface area contributed by atoms with E-state index in [4.69, 9.17) is 0 Å². The summed E-state index contributed by atoms with van der Waals surface area (Å²) < 4.78 is 0. The quantitative estimate of drug-likeness (QED) is 0.691. The molecule has 0 aliphatic carbocycles. The molecule has 4 heteroatoms. The van der Waals surface area contributed by atoms with Crippen LogP contribution in [0.4, 0.5) is 0 Å². The van der Waals surface area contributed by atoms with Crippen molar-refractivity contribution in [3.05, 3.63) is 56.8 Å². The SMILES string of the molecule is Cc1ccc2c(c1C)CCN(CCCN(C)CCCc1cccs1)C2=O. The molecule has 1 aliphatic heterocycles. The van der Waals surface area contributed by atoms with Gasteiger partial charge < -0.3 is 9.80 Å². The summed E-state index contributed by atoms with van der Waals surface area (Å²) in [4.78, 5) is 18.7. The van der Waals surface area contributed by atoms with Crippen molar-refractivity contribution in [3.63, 3.8) is 0 Å². The third-order valence-corrected chi connectivity index (χ3v) is 6.47. The van der Waals surface area contributed by atoms with Gasteiger partial charge in [-0.1, -0.05) is 12.1 Å². The first-order valence-electron chi connectivity index (χ1n) is 9.65. The molecule has 0 N–H and O–H groups in total. The van der Waals surface area contributed by atoms with E-state index in [-0.39, 0.29) is 5.91 Å². The topological polar surface area (TPSA) is 23.6 Å². The highest BCUT2D eigenvalue weighted by Gasteiger charge is 2.25. The average Bonchev–Trinajstić information content (AvgIpc) is 3.13. The van der Waals surface area contributed by atoms with Crippen molar-refractivity contribution in [1.82, 2.24) is 9.80 Å². The molecule has 3 rings (SSSR count). The number of benzene rings is 1. The highest BCUT2D eigenvalue weighted by atomic mass is 32.1. The number of rotatable bonds is 8. The van der Waals surface area contributed by atoms with Crippen LogP contribution in [-0.2, 0) is 12.8 Å². The second-order valence-corrected chi connectivity index (χ2v) is 8.45. The van der Waals surface area contributed by atoms with E-state index in [0.717, 1.165) is 44.6 Å². The fourth-order valence-corrected chi connectivity index (χ4v) is 4.50. The minimum Gasteiger partial charge on any atom is -0.338 e. The lowest BCUT2D eigenvalue weighted by molar-refractivity contribution is 0.0733. The maximum atomic E-state index is 12.8. The molecular formula is C22H30N2OS. The average molecular weight is 371 g/mol. The molecule has 2 heterocycles. The molecule has 140 valence electrons. The van der Waals surface area contributed by atoms with Crippen molar-refractivity contribution in [2.24, 2.45) is 0 Å². The predicted octanol–water partition coefficient (Wildman–Crippen LogP) is 4.32. The molecule has 0 atom stereocenters. The Labute approximate surface area is 161 Å². The molecule has 0 saturated heterocycles. The van der Waals surface area contributed by atoms with E-state index in [1.54, 1.807) is 0 Å². The maximum Gasteiger partial charge on any atom is 0.254 e. The van der Waals surface area contributed by atoms with Gasteiger partial charge in [-0.05, 0) is 93.9 Å². The first-order valence-corrected chi connectivity index (χ1v) is 10.5. The fourth-order valence-electron chi connectivity index (χ4n) is 3.75. The Morgan fingerprint density at radius 1 is 1.15 bits per heavy atom. The van der Waals surface area contributed by atoms with Crippen LogP contribution in [0.5, 0.6) is 0 Å². The van der Waals surface area contributed by atoms with Crippen molar-refractivity contribution < 1.29 is 4.79 Å². The van der Waals surface area contributed by atoms with Crippen molar-refractivity contribution in [2.75, 3.05) is 33.2 Å². The van der Waals surface area contributed by atoms with E-state index in [1.165, 1.54) is 34.4 Å². The highest BCUT2D eigenvalue weighted by molar-refractivity contribution is 7.09. The van der Waals surface area contributed by atoms with Crippen LogP contribution in [-0.4, -0.2) is 48.9 Å². The Morgan fingerprint density at radius 2 is 1.96 bits per heavy atom. The zero-order chi connectivity index (χ0) is 18.5. The van der Waals surface area contributed by atoms with Gasteiger partial charge in [-0.25, -0.2) is 0 Å². The standard InChI is InChI=1S/C22H30N2OS/c1-17-9-10-21-20(18(17)2)11-15-24(22(21)25)14-6-13-23(3)12-4-7-19-8-5-16-26-19/h5,8-10,16H,4,6-7,11-15H2,1-3H3. The van der Waals surface area contributed by atoms with Gasteiger partial charge in [0.2, 0.25) is 0 Å². The molecule has 0 fully saturated rings.